The van der Waals surface area contributed by atoms with E-state index in [1.807, 2.05) is 12.1 Å². The van der Waals surface area contributed by atoms with Crippen LogP contribution < -0.4 is 0 Å². The second-order valence-corrected chi connectivity index (χ2v) is 11.9. The second kappa shape index (κ2) is 10.6. The molecular formula is C44H28FN. The maximum atomic E-state index is 14.9. The maximum Gasteiger partial charge on any atom is 0.123 e. The Bertz CT molecular complexity index is 2590. The van der Waals surface area contributed by atoms with Crippen molar-refractivity contribution >= 4 is 43.4 Å². The monoisotopic (exact) mass is 589 g/mol. The Hall–Kier alpha value is -5.99. The SMILES string of the molecule is Fc1ccc2c(c1)c1c3ccccc3ccc1n2-c1cc(-c2cccc(-c3ccccc3)c2)cc(-c2cccc3ccccc23)c1. The highest BCUT2D eigenvalue weighted by Crippen LogP contribution is 2.40. The number of rotatable bonds is 4. The van der Waals surface area contributed by atoms with Crippen LogP contribution in [0.25, 0.3) is 82.4 Å². The fourth-order valence-electron chi connectivity index (χ4n) is 7.09. The molecule has 0 spiro atoms. The number of nitrogens with zero attached hydrogens (tertiary/aromatic N) is 1. The van der Waals surface area contributed by atoms with E-state index in [9.17, 15) is 4.39 Å². The van der Waals surface area contributed by atoms with Gasteiger partial charge in [0.25, 0.3) is 0 Å². The lowest BCUT2D eigenvalue weighted by atomic mass is 9.93. The Balaban J connectivity index is 1.37. The third-order valence-electron chi connectivity index (χ3n) is 9.20. The van der Waals surface area contributed by atoms with Crippen LogP contribution in [-0.4, -0.2) is 4.57 Å². The van der Waals surface area contributed by atoms with Crippen molar-refractivity contribution in [1.82, 2.24) is 4.57 Å². The number of fused-ring (bicyclic) bond motifs is 6. The van der Waals surface area contributed by atoms with E-state index in [0.717, 1.165) is 55.0 Å². The van der Waals surface area contributed by atoms with Gasteiger partial charge in [-0.15, -0.1) is 0 Å². The van der Waals surface area contributed by atoms with Gasteiger partial charge in [-0.3, -0.25) is 0 Å². The lowest BCUT2D eigenvalue weighted by Gasteiger charge is -2.16. The van der Waals surface area contributed by atoms with E-state index in [1.54, 1.807) is 12.1 Å². The van der Waals surface area contributed by atoms with Crippen LogP contribution in [0, 0.1) is 5.82 Å². The summed E-state index contributed by atoms with van der Waals surface area (Å²) < 4.78 is 17.2. The van der Waals surface area contributed by atoms with Gasteiger partial charge in [0, 0.05) is 16.5 Å². The summed E-state index contributed by atoms with van der Waals surface area (Å²) in [6, 6.07) is 59.1. The zero-order valence-electron chi connectivity index (χ0n) is 25.0. The molecule has 0 aliphatic rings. The van der Waals surface area contributed by atoms with Crippen LogP contribution in [0.2, 0.25) is 0 Å². The predicted octanol–water partition coefficient (Wildman–Crippen LogP) is 12.2. The lowest BCUT2D eigenvalue weighted by molar-refractivity contribution is 0.629. The van der Waals surface area contributed by atoms with Crippen molar-refractivity contribution in [3.63, 3.8) is 0 Å². The first-order valence-electron chi connectivity index (χ1n) is 15.6. The minimum absolute atomic E-state index is 0.234. The Morgan fingerprint density at radius 2 is 0.978 bits per heavy atom. The summed E-state index contributed by atoms with van der Waals surface area (Å²) in [6.07, 6.45) is 0. The van der Waals surface area contributed by atoms with Gasteiger partial charge in [-0.1, -0.05) is 121 Å². The molecule has 0 atom stereocenters. The molecule has 216 valence electrons. The molecule has 0 saturated carbocycles. The molecule has 1 aromatic heterocycles. The van der Waals surface area contributed by atoms with E-state index in [0.29, 0.717) is 0 Å². The second-order valence-electron chi connectivity index (χ2n) is 11.9. The number of halogens is 1. The Kier molecular flexibility index (Phi) is 6.07. The first-order chi connectivity index (χ1) is 22.7. The molecule has 0 unspecified atom stereocenters. The number of aromatic nitrogens is 1. The van der Waals surface area contributed by atoms with Gasteiger partial charge in [0.1, 0.15) is 5.82 Å². The summed E-state index contributed by atoms with van der Waals surface area (Å²) in [4.78, 5) is 0. The average Bonchev–Trinajstić information content (AvgIpc) is 3.45. The highest BCUT2D eigenvalue weighted by Gasteiger charge is 2.18. The van der Waals surface area contributed by atoms with Crippen LogP contribution in [0.5, 0.6) is 0 Å². The van der Waals surface area contributed by atoms with Crippen molar-refractivity contribution in [1.29, 1.82) is 0 Å². The predicted molar refractivity (Wildman–Crippen MR) is 192 cm³/mol. The van der Waals surface area contributed by atoms with Crippen LogP contribution in [0.3, 0.4) is 0 Å². The van der Waals surface area contributed by atoms with Gasteiger partial charge in [-0.2, -0.15) is 0 Å². The number of hydrogen-bond donors (Lipinski definition) is 0. The molecule has 0 N–H and O–H groups in total. The van der Waals surface area contributed by atoms with E-state index in [4.69, 9.17) is 0 Å². The molecule has 9 aromatic rings. The largest absolute Gasteiger partial charge is 0.309 e. The molecule has 2 heteroatoms. The van der Waals surface area contributed by atoms with Crippen LogP contribution in [-0.2, 0) is 0 Å². The zero-order chi connectivity index (χ0) is 30.6. The van der Waals surface area contributed by atoms with Gasteiger partial charge >= 0.3 is 0 Å². The molecule has 46 heavy (non-hydrogen) atoms. The standard InChI is InChI=1S/C44H28FN/c45-36-21-23-42-41(28-36)44-40-18-7-5-13-31(40)20-22-43(44)46(42)37-26-34(33-16-8-15-32(24-33)29-10-2-1-3-11-29)25-35(27-37)39-19-9-14-30-12-4-6-17-38(30)39/h1-28H. The molecule has 0 fully saturated rings. The van der Waals surface area contributed by atoms with Crippen molar-refractivity contribution in [2.45, 2.75) is 0 Å². The average molecular weight is 590 g/mol. The minimum Gasteiger partial charge on any atom is -0.309 e. The van der Waals surface area contributed by atoms with Crippen molar-refractivity contribution < 1.29 is 4.39 Å². The molecule has 0 bridgehead atoms. The van der Waals surface area contributed by atoms with Gasteiger partial charge in [0.2, 0.25) is 0 Å². The van der Waals surface area contributed by atoms with E-state index >= 15 is 0 Å². The van der Waals surface area contributed by atoms with Crippen LogP contribution in [0.1, 0.15) is 0 Å². The zero-order valence-corrected chi connectivity index (χ0v) is 25.0. The van der Waals surface area contributed by atoms with Crippen LogP contribution in [0.4, 0.5) is 4.39 Å². The van der Waals surface area contributed by atoms with Gasteiger partial charge in [-0.25, -0.2) is 4.39 Å². The Morgan fingerprint density at radius 3 is 1.83 bits per heavy atom. The molecular weight excluding hydrogens is 561 g/mol. The van der Waals surface area contributed by atoms with Crippen molar-refractivity contribution in [3.8, 4) is 39.1 Å². The fourth-order valence-corrected chi connectivity index (χ4v) is 7.09. The van der Waals surface area contributed by atoms with Crippen LogP contribution in [0.15, 0.2) is 170 Å². The van der Waals surface area contributed by atoms with Gasteiger partial charge < -0.3 is 4.57 Å². The summed E-state index contributed by atoms with van der Waals surface area (Å²) in [5.74, 6) is -0.234. The lowest BCUT2D eigenvalue weighted by Crippen LogP contribution is -1.96. The summed E-state index contributed by atoms with van der Waals surface area (Å²) in [7, 11) is 0. The highest BCUT2D eigenvalue weighted by atomic mass is 19.1. The topological polar surface area (TPSA) is 4.93 Å². The van der Waals surface area contributed by atoms with E-state index in [2.05, 4.69) is 150 Å². The molecule has 0 amide bonds. The van der Waals surface area contributed by atoms with Gasteiger partial charge in [0.05, 0.1) is 11.0 Å². The smallest absolute Gasteiger partial charge is 0.123 e. The maximum absolute atomic E-state index is 14.9. The molecule has 0 aliphatic heterocycles. The summed E-state index contributed by atoms with van der Waals surface area (Å²) in [6.45, 7) is 0. The molecule has 9 rings (SSSR count). The van der Waals surface area contributed by atoms with Crippen LogP contribution >= 0.6 is 0 Å². The molecule has 1 heterocycles. The van der Waals surface area contributed by atoms with Gasteiger partial charge in [0.15, 0.2) is 0 Å². The highest BCUT2D eigenvalue weighted by molar-refractivity contribution is 6.21. The first kappa shape index (κ1) is 26.4. The number of benzene rings is 8. The molecule has 1 nitrogen and oxygen atoms in total. The summed E-state index contributed by atoms with van der Waals surface area (Å²) in [5.41, 5.74) is 10.0. The third-order valence-corrected chi connectivity index (χ3v) is 9.20. The summed E-state index contributed by atoms with van der Waals surface area (Å²) in [5, 5.41) is 6.65. The van der Waals surface area contributed by atoms with Crippen molar-refractivity contribution in [2.24, 2.45) is 0 Å². The van der Waals surface area contributed by atoms with Crippen molar-refractivity contribution in [3.05, 3.63) is 176 Å². The quantitative estimate of drug-likeness (QED) is 0.192. The van der Waals surface area contributed by atoms with Gasteiger partial charge in [-0.05, 0) is 103 Å². The summed E-state index contributed by atoms with van der Waals surface area (Å²) >= 11 is 0. The van der Waals surface area contributed by atoms with E-state index in [1.165, 1.54) is 27.5 Å². The van der Waals surface area contributed by atoms with Crippen molar-refractivity contribution in [2.75, 3.05) is 0 Å². The fraction of sp³-hybridized carbons (Fsp3) is 0. The molecule has 8 aromatic carbocycles. The minimum atomic E-state index is -0.234. The van der Waals surface area contributed by atoms with E-state index in [-0.39, 0.29) is 5.82 Å². The Morgan fingerprint density at radius 1 is 0.370 bits per heavy atom. The Labute approximate surface area is 266 Å². The normalized spacial score (nSPS) is 11.6. The molecule has 0 radical (unpaired) electrons. The molecule has 0 saturated heterocycles. The third kappa shape index (κ3) is 4.30. The molecule has 0 aliphatic carbocycles. The first-order valence-corrected chi connectivity index (χ1v) is 15.6. The van der Waals surface area contributed by atoms with E-state index < -0.39 is 0 Å². The number of hydrogen-bond acceptors (Lipinski definition) is 0.